The van der Waals surface area contributed by atoms with Crippen LogP contribution < -0.4 is 5.32 Å². The van der Waals surface area contributed by atoms with Gasteiger partial charge in [-0.1, -0.05) is 11.2 Å². The molecule has 0 spiro atoms. The van der Waals surface area contributed by atoms with Gasteiger partial charge in [0, 0.05) is 5.69 Å². The molecule has 2 aromatic heterocycles. The standard InChI is InChI=1S/C16H15N3O3/c1-8-4-5-12(13(20)6-8)18-15(21)11-7-9(2)17-16-14(11)10(3)19-22-16/h4-7,20H,1-3H3,(H,18,21). The third-order valence-electron chi connectivity index (χ3n) is 3.39. The van der Waals surface area contributed by atoms with Crippen molar-refractivity contribution in [2.24, 2.45) is 0 Å². The molecule has 6 heteroatoms. The fourth-order valence-electron chi connectivity index (χ4n) is 2.33. The van der Waals surface area contributed by atoms with Gasteiger partial charge >= 0.3 is 0 Å². The molecule has 112 valence electrons. The van der Waals surface area contributed by atoms with Crippen LogP contribution in [-0.4, -0.2) is 21.2 Å². The van der Waals surface area contributed by atoms with Crippen molar-refractivity contribution in [1.82, 2.24) is 10.1 Å². The van der Waals surface area contributed by atoms with Gasteiger partial charge < -0.3 is 14.9 Å². The molecule has 3 aromatic rings. The molecule has 0 aliphatic rings. The number of aromatic hydroxyl groups is 1. The van der Waals surface area contributed by atoms with E-state index in [9.17, 15) is 9.90 Å². The number of anilines is 1. The second-order valence-corrected chi connectivity index (χ2v) is 5.23. The van der Waals surface area contributed by atoms with Crippen LogP contribution in [0, 0.1) is 20.8 Å². The number of carbonyl (C=O) groups is 1. The highest BCUT2D eigenvalue weighted by Crippen LogP contribution is 2.27. The van der Waals surface area contributed by atoms with Crippen LogP contribution in [0.3, 0.4) is 0 Å². The van der Waals surface area contributed by atoms with E-state index in [0.29, 0.717) is 33.7 Å². The highest BCUT2D eigenvalue weighted by Gasteiger charge is 2.18. The normalized spacial score (nSPS) is 10.9. The number of benzene rings is 1. The number of phenols is 1. The van der Waals surface area contributed by atoms with Gasteiger partial charge in [-0.25, -0.2) is 4.98 Å². The van der Waals surface area contributed by atoms with Crippen LogP contribution >= 0.6 is 0 Å². The zero-order valence-electron chi connectivity index (χ0n) is 12.5. The molecular formula is C16H15N3O3. The lowest BCUT2D eigenvalue weighted by Crippen LogP contribution is -2.13. The lowest BCUT2D eigenvalue weighted by atomic mass is 10.1. The molecule has 0 saturated carbocycles. The molecule has 0 bridgehead atoms. The van der Waals surface area contributed by atoms with Crippen molar-refractivity contribution in [1.29, 1.82) is 0 Å². The Morgan fingerprint density at radius 1 is 1.23 bits per heavy atom. The molecule has 0 unspecified atom stereocenters. The maximum absolute atomic E-state index is 12.5. The zero-order valence-corrected chi connectivity index (χ0v) is 12.5. The third kappa shape index (κ3) is 2.39. The predicted octanol–water partition coefficient (Wildman–Crippen LogP) is 3.11. The van der Waals surface area contributed by atoms with Gasteiger partial charge in [0.05, 0.1) is 22.3 Å². The Labute approximate surface area is 126 Å². The van der Waals surface area contributed by atoms with Gasteiger partial charge in [0.1, 0.15) is 5.75 Å². The Kier molecular flexibility index (Phi) is 3.29. The van der Waals surface area contributed by atoms with E-state index in [1.54, 1.807) is 32.0 Å². The molecule has 22 heavy (non-hydrogen) atoms. The highest BCUT2D eigenvalue weighted by molar-refractivity contribution is 6.12. The number of aromatic nitrogens is 2. The molecule has 3 rings (SSSR count). The van der Waals surface area contributed by atoms with Crippen LogP contribution in [0.5, 0.6) is 5.75 Å². The second kappa shape index (κ2) is 5.14. The van der Waals surface area contributed by atoms with Gasteiger partial charge in [-0.15, -0.1) is 0 Å². The first-order valence-electron chi connectivity index (χ1n) is 6.80. The van der Waals surface area contributed by atoms with E-state index < -0.39 is 0 Å². The Bertz CT molecular complexity index is 884. The molecule has 6 nitrogen and oxygen atoms in total. The van der Waals surface area contributed by atoms with Crippen molar-refractivity contribution in [3.8, 4) is 5.75 Å². The number of nitrogens with zero attached hydrogens (tertiary/aromatic N) is 2. The molecule has 1 amide bonds. The predicted molar refractivity (Wildman–Crippen MR) is 82.1 cm³/mol. The molecule has 2 heterocycles. The second-order valence-electron chi connectivity index (χ2n) is 5.23. The number of amides is 1. The minimum absolute atomic E-state index is 0.0254. The van der Waals surface area contributed by atoms with Gasteiger partial charge in [-0.05, 0) is 44.5 Å². The molecule has 0 saturated heterocycles. The Hall–Kier alpha value is -2.89. The quantitative estimate of drug-likeness (QED) is 0.709. The first-order valence-corrected chi connectivity index (χ1v) is 6.80. The minimum Gasteiger partial charge on any atom is -0.506 e. The Morgan fingerprint density at radius 3 is 2.73 bits per heavy atom. The summed E-state index contributed by atoms with van der Waals surface area (Å²) in [5, 5.41) is 17.0. The Balaban J connectivity index is 2.03. The van der Waals surface area contributed by atoms with Crippen LogP contribution in [0.15, 0.2) is 28.8 Å². The number of rotatable bonds is 2. The van der Waals surface area contributed by atoms with Crippen LogP contribution in [0.1, 0.15) is 27.3 Å². The van der Waals surface area contributed by atoms with E-state index in [-0.39, 0.29) is 11.7 Å². The highest BCUT2D eigenvalue weighted by atomic mass is 16.5. The molecule has 1 aromatic carbocycles. The maximum atomic E-state index is 12.5. The topological polar surface area (TPSA) is 88.3 Å². The fraction of sp³-hybridized carbons (Fsp3) is 0.188. The number of hydrogen-bond acceptors (Lipinski definition) is 5. The zero-order chi connectivity index (χ0) is 15.9. The maximum Gasteiger partial charge on any atom is 0.258 e. The summed E-state index contributed by atoms with van der Waals surface area (Å²) in [5.74, 6) is -0.321. The van der Waals surface area contributed by atoms with Crippen molar-refractivity contribution in [2.75, 3.05) is 5.32 Å². The summed E-state index contributed by atoms with van der Waals surface area (Å²) in [7, 11) is 0. The van der Waals surface area contributed by atoms with Gasteiger partial charge in [-0.2, -0.15) is 0 Å². The molecular weight excluding hydrogens is 282 g/mol. The van der Waals surface area contributed by atoms with Crippen molar-refractivity contribution >= 4 is 22.7 Å². The molecule has 0 aliphatic carbocycles. The van der Waals surface area contributed by atoms with E-state index in [4.69, 9.17) is 4.52 Å². The van der Waals surface area contributed by atoms with Crippen LogP contribution in [0.25, 0.3) is 11.1 Å². The molecule has 0 fully saturated rings. The average molecular weight is 297 g/mol. The number of aryl methyl sites for hydroxylation is 3. The number of carbonyl (C=O) groups excluding carboxylic acids is 1. The van der Waals surface area contributed by atoms with E-state index in [1.807, 2.05) is 13.0 Å². The summed E-state index contributed by atoms with van der Waals surface area (Å²) in [5.41, 5.74) is 3.26. The number of hydrogen-bond donors (Lipinski definition) is 2. The van der Waals surface area contributed by atoms with Crippen molar-refractivity contribution < 1.29 is 14.4 Å². The molecule has 0 aliphatic heterocycles. The third-order valence-corrected chi connectivity index (χ3v) is 3.39. The minimum atomic E-state index is -0.346. The summed E-state index contributed by atoms with van der Waals surface area (Å²) >= 11 is 0. The van der Waals surface area contributed by atoms with Gasteiger partial charge in [0.2, 0.25) is 0 Å². The SMILES string of the molecule is Cc1ccc(NC(=O)c2cc(C)nc3onc(C)c23)c(O)c1. The molecule has 0 radical (unpaired) electrons. The fourth-order valence-corrected chi connectivity index (χ4v) is 2.33. The van der Waals surface area contributed by atoms with E-state index in [0.717, 1.165) is 5.56 Å². The van der Waals surface area contributed by atoms with Crippen molar-refractivity contribution in [2.45, 2.75) is 20.8 Å². The summed E-state index contributed by atoms with van der Waals surface area (Å²) in [6, 6.07) is 6.74. The molecule has 0 atom stereocenters. The number of nitrogens with one attached hydrogen (secondary N) is 1. The lowest BCUT2D eigenvalue weighted by Gasteiger charge is -2.09. The number of phenolic OH excluding ortho intramolecular Hbond substituents is 1. The van der Waals surface area contributed by atoms with E-state index in [2.05, 4.69) is 15.5 Å². The number of fused-ring (bicyclic) bond motifs is 1. The van der Waals surface area contributed by atoms with Gasteiger partial charge in [0.25, 0.3) is 11.6 Å². The van der Waals surface area contributed by atoms with Crippen LogP contribution in [0.2, 0.25) is 0 Å². The van der Waals surface area contributed by atoms with Crippen molar-refractivity contribution in [3.05, 3.63) is 46.8 Å². The van der Waals surface area contributed by atoms with Crippen LogP contribution in [0.4, 0.5) is 5.69 Å². The van der Waals surface area contributed by atoms with Crippen molar-refractivity contribution in [3.63, 3.8) is 0 Å². The largest absolute Gasteiger partial charge is 0.506 e. The van der Waals surface area contributed by atoms with Crippen LogP contribution in [-0.2, 0) is 0 Å². The average Bonchev–Trinajstić information content (AvgIpc) is 2.82. The molecule has 2 N–H and O–H groups in total. The van der Waals surface area contributed by atoms with E-state index >= 15 is 0 Å². The van der Waals surface area contributed by atoms with E-state index in [1.165, 1.54) is 0 Å². The first-order chi connectivity index (χ1) is 10.5. The summed E-state index contributed by atoms with van der Waals surface area (Å²) in [4.78, 5) is 16.8. The van der Waals surface area contributed by atoms with Gasteiger partial charge in [0.15, 0.2) is 0 Å². The number of pyridine rings is 1. The summed E-state index contributed by atoms with van der Waals surface area (Å²) < 4.78 is 5.12. The van der Waals surface area contributed by atoms with Gasteiger partial charge in [-0.3, -0.25) is 4.79 Å². The lowest BCUT2D eigenvalue weighted by molar-refractivity contribution is 0.102. The first kappa shape index (κ1) is 14.1. The summed E-state index contributed by atoms with van der Waals surface area (Å²) in [6.45, 7) is 5.39. The summed E-state index contributed by atoms with van der Waals surface area (Å²) in [6.07, 6.45) is 0. The monoisotopic (exact) mass is 297 g/mol. The Morgan fingerprint density at radius 2 is 2.00 bits per heavy atom. The smallest absolute Gasteiger partial charge is 0.258 e.